The van der Waals surface area contributed by atoms with Gasteiger partial charge in [0.05, 0.1) is 0 Å². The number of hydrogen-bond acceptors (Lipinski definition) is 1. The SMILES string of the molecule is Oc1cccc(F)c1/C=C/[B-](F)(F)F.[K+]. The van der Waals surface area contributed by atoms with E-state index in [4.69, 9.17) is 5.11 Å². The van der Waals surface area contributed by atoms with Gasteiger partial charge in [-0.05, 0) is 12.1 Å². The minimum atomic E-state index is -5.12. The van der Waals surface area contributed by atoms with Crippen molar-refractivity contribution in [3.8, 4) is 5.75 Å². The minimum absolute atomic E-state index is 0. The van der Waals surface area contributed by atoms with Gasteiger partial charge in [0.15, 0.2) is 0 Å². The van der Waals surface area contributed by atoms with Crippen LogP contribution in [-0.2, 0) is 0 Å². The van der Waals surface area contributed by atoms with Gasteiger partial charge in [-0.25, -0.2) is 4.39 Å². The molecule has 0 heterocycles. The zero-order chi connectivity index (χ0) is 10.8. The number of halogens is 4. The maximum atomic E-state index is 12.9. The second-order valence-corrected chi connectivity index (χ2v) is 2.66. The maximum absolute atomic E-state index is 12.9. The van der Waals surface area contributed by atoms with Crippen molar-refractivity contribution >= 4 is 13.1 Å². The number of rotatable bonds is 2. The predicted octanol–water partition coefficient (Wildman–Crippen LogP) is -0.0649. The Morgan fingerprint density at radius 3 is 2.27 bits per heavy atom. The van der Waals surface area contributed by atoms with Crippen LogP contribution in [0.2, 0.25) is 0 Å². The summed E-state index contributed by atoms with van der Waals surface area (Å²) in [5.74, 6) is -1.47. The fourth-order valence-corrected chi connectivity index (χ4v) is 0.896. The molecule has 1 nitrogen and oxygen atoms in total. The van der Waals surface area contributed by atoms with Gasteiger partial charge in [0, 0.05) is 5.56 Å². The summed E-state index contributed by atoms with van der Waals surface area (Å²) in [7, 11) is 0. The van der Waals surface area contributed by atoms with Gasteiger partial charge in [-0.1, -0.05) is 12.1 Å². The molecule has 15 heavy (non-hydrogen) atoms. The molecular formula is C8H6BF4KO. The van der Waals surface area contributed by atoms with Crippen LogP contribution in [0.3, 0.4) is 0 Å². The fourth-order valence-electron chi connectivity index (χ4n) is 0.896. The van der Waals surface area contributed by atoms with E-state index in [9.17, 15) is 17.3 Å². The Hall–Kier alpha value is 0.181. The van der Waals surface area contributed by atoms with Gasteiger partial charge >= 0.3 is 58.4 Å². The Balaban J connectivity index is 0.00000196. The smallest absolute Gasteiger partial charge is 0.507 e. The maximum Gasteiger partial charge on any atom is 1.00 e. The van der Waals surface area contributed by atoms with Crippen molar-refractivity contribution in [1.29, 1.82) is 0 Å². The summed E-state index contributed by atoms with van der Waals surface area (Å²) >= 11 is 0. The van der Waals surface area contributed by atoms with E-state index < -0.39 is 24.1 Å². The van der Waals surface area contributed by atoms with Gasteiger partial charge in [0.2, 0.25) is 0 Å². The Kier molecular flexibility index (Phi) is 6.12. The van der Waals surface area contributed by atoms with E-state index >= 15 is 0 Å². The summed E-state index contributed by atoms with van der Waals surface area (Å²) in [6, 6.07) is 3.30. The minimum Gasteiger partial charge on any atom is -0.507 e. The molecule has 0 aromatic heterocycles. The van der Waals surface area contributed by atoms with Gasteiger partial charge in [-0.3, -0.25) is 0 Å². The van der Waals surface area contributed by atoms with E-state index in [-0.39, 0.29) is 57.4 Å². The van der Waals surface area contributed by atoms with Crippen molar-refractivity contribution < 1.29 is 73.8 Å². The molecule has 0 spiro atoms. The van der Waals surface area contributed by atoms with Crippen LogP contribution < -0.4 is 51.4 Å². The van der Waals surface area contributed by atoms with Gasteiger partial charge in [-0.2, -0.15) is 0 Å². The van der Waals surface area contributed by atoms with E-state index in [0.29, 0.717) is 6.08 Å². The Labute approximate surface area is 127 Å². The van der Waals surface area contributed by atoms with E-state index in [1.165, 1.54) is 6.07 Å². The van der Waals surface area contributed by atoms with E-state index in [0.717, 1.165) is 12.1 Å². The molecule has 1 N–H and O–H groups in total. The van der Waals surface area contributed by atoms with Gasteiger partial charge in [0.25, 0.3) is 0 Å². The predicted molar refractivity (Wildman–Crippen MR) is 46.2 cm³/mol. The van der Waals surface area contributed by atoms with Crippen LogP contribution in [0.1, 0.15) is 5.56 Å². The molecule has 0 aliphatic rings. The van der Waals surface area contributed by atoms with Gasteiger partial charge in [-0.15, -0.1) is 5.98 Å². The van der Waals surface area contributed by atoms with Gasteiger partial charge in [0.1, 0.15) is 11.6 Å². The molecule has 1 aromatic carbocycles. The largest absolute Gasteiger partial charge is 1.00 e. The molecule has 0 amide bonds. The molecule has 0 radical (unpaired) electrons. The molecule has 0 saturated heterocycles. The molecule has 76 valence electrons. The van der Waals surface area contributed by atoms with Crippen LogP contribution in [-0.4, -0.2) is 12.1 Å². The zero-order valence-corrected chi connectivity index (χ0v) is 11.0. The number of aromatic hydroxyl groups is 1. The standard InChI is InChI=1S/C8H6BF4O.K/c10-7-2-1-3-8(14)6(7)4-5-9(11,12)13;/h1-5,14H;/q-1;+1/b5-4+;. The molecule has 0 atom stereocenters. The third kappa shape index (κ3) is 5.17. The van der Waals surface area contributed by atoms with Crippen molar-refractivity contribution in [3.63, 3.8) is 0 Å². The number of phenolic OH excluding ortho intramolecular Hbond substituents is 1. The first-order valence-corrected chi connectivity index (χ1v) is 3.77. The Morgan fingerprint density at radius 2 is 1.80 bits per heavy atom. The molecule has 7 heteroatoms. The molecule has 0 aliphatic heterocycles. The molecule has 1 aromatic rings. The third-order valence-corrected chi connectivity index (χ3v) is 1.51. The topological polar surface area (TPSA) is 20.2 Å². The zero-order valence-electron chi connectivity index (χ0n) is 7.92. The van der Waals surface area contributed by atoms with Crippen molar-refractivity contribution in [3.05, 3.63) is 35.6 Å². The average Bonchev–Trinajstić information content (AvgIpc) is 2.01. The van der Waals surface area contributed by atoms with Crippen molar-refractivity contribution in [2.45, 2.75) is 0 Å². The number of hydrogen-bond donors (Lipinski definition) is 1. The van der Waals surface area contributed by atoms with Crippen LogP contribution in [0, 0.1) is 5.82 Å². The summed E-state index contributed by atoms with van der Waals surface area (Å²) in [5.41, 5.74) is -0.452. The van der Waals surface area contributed by atoms with Crippen LogP contribution >= 0.6 is 0 Å². The monoisotopic (exact) mass is 244 g/mol. The van der Waals surface area contributed by atoms with Crippen LogP contribution in [0.15, 0.2) is 24.2 Å². The molecule has 0 saturated carbocycles. The van der Waals surface area contributed by atoms with Crippen molar-refractivity contribution in [1.82, 2.24) is 0 Å². The Morgan fingerprint density at radius 1 is 1.20 bits per heavy atom. The summed E-state index contributed by atoms with van der Waals surface area (Å²) in [6.45, 7) is -5.12. The molecule has 0 fully saturated rings. The average molecular weight is 244 g/mol. The molecule has 0 bridgehead atoms. The summed E-state index contributed by atoms with van der Waals surface area (Å²) in [6.07, 6.45) is 0.519. The van der Waals surface area contributed by atoms with Crippen LogP contribution in [0.5, 0.6) is 5.75 Å². The second kappa shape index (κ2) is 6.05. The number of benzene rings is 1. The van der Waals surface area contributed by atoms with Crippen LogP contribution in [0.4, 0.5) is 17.3 Å². The van der Waals surface area contributed by atoms with Crippen LogP contribution in [0.25, 0.3) is 6.08 Å². The fraction of sp³-hybridized carbons (Fsp3) is 0. The number of phenols is 1. The first-order chi connectivity index (χ1) is 6.40. The van der Waals surface area contributed by atoms with Gasteiger partial charge < -0.3 is 18.1 Å². The van der Waals surface area contributed by atoms with Crippen molar-refractivity contribution in [2.75, 3.05) is 0 Å². The summed E-state index contributed by atoms with van der Waals surface area (Å²) in [4.78, 5) is 0. The molecule has 0 unspecified atom stereocenters. The van der Waals surface area contributed by atoms with E-state index in [1.807, 2.05) is 0 Å². The summed E-state index contributed by atoms with van der Waals surface area (Å²) in [5, 5.41) is 9.04. The summed E-state index contributed by atoms with van der Waals surface area (Å²) < 4.78 is 48.2. The van der Waals surface area contributed by atoms with E-state index in [2.05, 4.69) is 0 Å². The molecular weight excluding hydrogens is 238 g/mol. The Bertz CT molecular complexity index is 344. The first kappa shape index (κ1) is 15.2. The second-order valence-electron chi connectivity index (χ2n) is 2.66. The normalized spacial score (nSPS) is 11.5. The van der Waals surface area contributed by atoms with E-state index in [1.54, 1.807) is 0 Å². The molecule has 0 aliphatic carbocycles. The van der Waals surface area contributed by atoms with Crippen molar-refractivity contribution in [2.24, 2.45) is 0 Å². The third-order valence-electron chi connectivity index (χ3n) is 1.51. The quantitative estimate of drug-likeness (QED) is 0.570. The first-order valence-electron chi connectivity index (χ1n) is 3.77. The molecule has 1 rings (SSSR count).